The monoisotopic (exact) mass is 540 g/mol. The van der Waals surface area contributed by atoms with Crippen LogP contribution in [0.15, 0.2) is 53.6 Å². The Morgan fingerprint density at radius 3 is 2.49 bits per heavy atom. The van der Waals surface area contributed by atoms with Crippen molar-refractivity contribution >= 4 is 56.3 Å². The molecule has 0 saturated carbocycles. The van der Waals surface area contributed by atoms with Gasteiger partial charge in [0.1, 0.15) is 22.4 Å². The Labute approximate surface area is 222 Å². The Bertz CT molecular complexity index is 1550. The van der Waals surface area contributed by atoms with Crippen LogP contribution >= 0.6 is 22.9 Å². The summed E-state index contributed by atoms with van der Waals surface area (Å²) in [6.45, 7) is 3.49. The number of carbonyl (C=O) groups is 2. The van der Waals surface area contributed by atoms with Crippen molar-refractivity contribution in [2.75, 3.05) is 24.9 Å². The molecule has 0 saturated heterocycles. The van der Waals surface area contributed by atoms with Crippen molar-refractivity contribution in [2.24, 2.45) is 0 Å². The average Bonchev–Trinajstić information content (AvgIpc) is 3.23. The van der Waals surface area contributed by atoms with Crippen LogP contribution in [-0.4, -0.2) is 35.6 Å². The van der Waals surface area contributed by atoms with E-state index in [4.69, 9.17) is 21.1 Å². The molecule has 4 rings (SSSR count). The lowest BCUT2D eigenvalue weighted by Gasteiger charge is -2.19. The average molecular weight is 541 g/mol. The van der Waals surface area contributed by atoms with Crippen molar-refractivity contribution in [3.63, 3.8) is 0 Å². The maximum absolute atomic E-state index is 13.5. The normalized spacial score (nSPS) is 11.7. The second kappa shape index (κ2) is 11.0. The zero-order chi connectivity index (χ0) is 26.7. The third kappa shape index (κ3) is 5.16. The smallest absolute Gasteiger partial charge is 0.266 e. The number of thiophene rings is 1. The Morgan fingerprint density at radius 2 is 1.78 bits per heavy atom. The van der Waals surface area contributed by atoms with Crippen molar-refractivity contribution in [3.05, 3.63) is 74.6 Å². The number of halogens is 1. The van der Waals surface area contributed by atoms with Gasteiger partial charge in [-0.05, 0) is 49.2 Å². The minimum Gasteiger partial charge on any atom is -0.495 e. The summed E-state index contributed by atoms with van der Waals surface area (Å²) >= 11 is 7.20. The van der Waals surface area contributed by atoms with E-state index < -0.39 is 17.5 Å². The highest BCUT2D eigenvalue weighted by atomic mass is 35.5. The fourth-order valence-corrected chi connectivity index (χ4v) is 5.21. The summed E-state index contributed by atoms with van der Waals surface area (Å²) < 4.78 is 11.9. The quantitative estimate of drug-likeness (QED) is 0.314. The molecule has 4 aromatic rings. The minimum atomic E-state index is -0.849. The third-order valence-electron chi connectivity index (χ3n) is 5.88. The number of para-hydroxylation sites is 2. The van der Waals surface area contributed by atoms with E-state index in [1.807, 2.05) is 0 Å². The van der Waals surface area contributed by atoms with Crippen LogP contribution in [0.25, 0.3) is 10.2 Å². The van der Waals surface area contributed by atoms with Gasteiger partial charge in [-0.3, -0.25) is 19.0 Å². The number of anilines is 2. The van der Waals surface area contributed by atoms with Gasteiger partial charge in [0.2, 0.25) is 5.91 Å². The van der Waals surface area contributed by atoms with Gasteiger partial charge in [0.25, 0.3) is 11.5 Å². The molecule has 0 aliphatic rings. The van der Waals surface area contributed by atoms with E-state index in [2.05, 4.69) is 15.6 Å². The zero-order valence-corrected chi connectivity index (χ0v) is 22.2. The maximum Gasteiger partial charge on any atom is 0.266 e. The first-order chi connectivity index (χ1) is 17.8. The minimum absolute atomic E-state index is 0.296. The van der Waals surface area contributed by atoms with Crippen LogP contribution in [0.3, 0.4) is 0 Å². The molecule has 0 spiro atoms. The largest absolute Gasteiger partial charge is 0.495 e. The number of aromatic nitrogens is 2. The van der Waals surface area contributed by atoms with Gasteiger partial charge in [-0.1, -0.05) is 30.7 Å². The van der Waals surface area contributed by atoms with Crippen molar-refractivity contribution < 1.29 is 19.1 Å². The van der Waals surface area contributed by atoms with Gasteiger partial charge in [0.05, 0.1) is 42.2 Å². The third-order valence-corrected chi connectivity index (χ3v) is 7.32. The van der Waals surface area contributed by atoms with Gasteiger partial charge in [-0.2, -0.15) is 0 Å². The second-order valence-corrected chi connectivity index (χ2v) is 9.54. The molecule has 9 nitrogen and oxygen atoms in total. The number of nitrogens with one attached hydrogen (secondary N) is 2. The van der Waals surface area contributed by atoms with Crippen molar-refractivity contribution in [2.45, 2.75) is 26.3 Å². The molecule has 2 amide bonds. The zero-order valence-electron chi connectivity index (χ0n) is 20.6. The highest BCUT2D eigenvalue weighted by Gasteiger charge is 2.25. The van der Waals surface area contributed by atoms with Crippen LogP contribution in [-0.2, 0) is 4.79 Å². The second-order valence-electron chi connectivity index (χ2n) is 8.11. The fourth-order valence-electron chi connectivity index (χ4n) is 4.01. The van der Waals surface area contributed by atoms with Gasteiger partial charge in [0, 0.05) is 5.02 Å². The summed E-state index contributed by atoms with van der Waals surface area (Å²) in [5.41, 5.74) is 0.986. The fraction of sp³-hybridized carbons (Fsp3) is 0.231. The lowest BCUT2D eigenvalue weighted by molar-refractivity contribution is -0.119. The van der Waals surface area contributed by atoms with Gasteiger partial charge in [0.15, 0.2) is 0 Å². The van der Waals surface area contributed by atoms with Crippen molar-refractivity contribution in [1.82, 2.24) is 9.55 Å². The van der Waals surface area contributed by atoms with Gasteiger partial charge in [-0.15, -0.1) is 11.3 Å². The first-order valence-corrected chi connectivity index (χ1v) is 12.6. The number of fused-ring (bicyclic) bond motifs is 1. The molecule has 2 N–H and O–H groups in total. The summed E-state index contributed by atoms with van der Waals surface area (Å²) in [4.78, 5) is 45.0. The number of hydrogen-bond donors (Lipinski definition) is 2. The molecule has 192 valence electrons. The van der Waals surface area contributed by atoms with Crippen LogP contribution in [0.4, 0.5) is 11.4 Å². The predicted molar refractivity (Wildman–Crippen MR) is 146 cm³/mol. The number of hydrogen-bond acceptors (Lipinski definition) is 7. The van der Waals surface area contributed by atoms with Crippen LogP contribution in [0.1, 0.15) is 34.6 Å². The van der Waals surface area contributed by atoms with Crippen LogP contribution in [0.5, 0.6) is 11.5 Å². The molecule has 0 aliphatic carbocycles. The highest BCUT2D eigenvalue weighted by Crippen LogP contribution is 2.31. The Kier molecular flexibility index (Phi) is 7.80. The van der Waals surface area contributed by atoms with E-state index in [0.29, 0.717) is 55.0 Å². The van der Waals surface area contributed by atoms with E-state index in [9.17, 15) is 14.4 Å². The van der Waals surface area contributed by atoms with Crippen LogP contribution in [0.2, 0.25) is 5.02 Å². The molecule has 2 aromatic carbocycles. The number of nitrogens with zero attached hydrogens (tertiary/aromatic N) is 2. The molecule has 0 fully saturated rings. The van der Waals surface area contributed by atoms with Crippen LogP contribution < -0.4 is 25.7 Å². The van der Waals surface area contributed by atoms with Crippen LogP contribution in [0, 0.1) is 6.92 Å². The number of ether oxygens (including phenoxy) is 2. The van der Waals surface area contributed by atoms with Crippen molar-refractivity contribution in [3.8, 4) is 11.5 Å². The maximum atomic E-state index is 13.5. The molecule has 0 bridgehead atoms. The molecule has 11 heteroatoms. The molecule has 37 heavy (non-hydrogen) atoms. The Balaban J connectivity index is 1.67. The lowest BCUT2D eigenvalue weighted by atomic mass is 10.1. The SMILES string of the molecule is CCC(C(=O)Nc1cc(Cl)ccc1OC)n1cnc2sc(C(=O)Nc3ccccc3OC)c(C)c2c1=O. The number of methoxy groups -OCH3 is 2. The van der Waals surface area contributed by atoms with Gasteiger partial charge in [-0.25, -0.2) is 4.98 Å². The Morgan fingerprint density at radius 1 is 1.08 bits per heavy atom. The van der Waals surface area contributed by atoms with E-state index in [1.54, 1.807) is 56.3 Å². The summed E-state index contributed by atoms with van der Waals surface area (Å²) in [6.07, 6.45) is 1.66. The molecular weight excluding hydrogens is 516 g/mol. The molecule has 1 unspecified atom stereocenters. The number of rotatable bonds is 8. The highest BCUT2D eigenvalue weighted by molar-refractivity contribution is 7.20. The predicted octanol–water partition coefficient (Wildman–Crippen LogP) is 5.28. The topological polar surface area (TPSA) is 112 Å². The summed E-state index contributed by atoms with van der Waals surface area (Å²) in [6, 6.07) is 11.1. The summed E-state index contributed by atoms with van der Waals surface area (Å²) in [5.74, 6) is 0.151. The summed E-state index contributed by atoms with van der Waals surface area (Å²) in [5, 5.41) is 6.35. The first kappa shape index (κ1) is 26.2. The summed E-state index contributed by atoms with van der Waals surface area (Å²) in [7, 11) is 3.00. The van der Waals surface area contributed by atoms with E-state index >= 15 is 0 Å². The number of amides is 2. The number of carbonyl (C=O) groups excluding carboxylic acids is 2. The Hall–Kier alpha value is -3.89. The first-order valence-electron chi connectivity index (χ1n) is 11.4. The van der Waals surface area contributed by atoms with Crippen molar-refractivity contribution in [1.29, 1.82) is 0 Å². The molecule has 0 aliphatic heterocycles. The molecule has 0 radical (unpaired) electrons. The van der Waals surface area contributed by atoms with Gasteiger partial charge >= 0.3 is 0 Å². The van der Waals surface area contributed by atoms with Gasteiger partial charge < -0.3 is 20.1 Å². The molecule has 2 heterocycles. The molecule has 2 aromatic heterocycles. The van der Waals surface area contributed by atoms with E-state index in [0.717, 1.165) is 11.3 Å². The number of aryl methyl sites for hydroxylation is 1. The van der Waals surface area contributed by atoms with E-state index in [-0.39, 0.29) is 5.91 Å². The van der Waals surface area contributed by atoms with E-state index in [1.165, 1.54) is 25.1 Å². The number of benzene rings is 2. The molecular formula is C26H25ClN4O5S. The molecule has 1 atom stereocenters. The lowest BCUT2D eigenvalue weighted by Crippen LogP contribution is -2.33. The standard InChI is InChI=1S/C26H25ClN4O5S/c1-5-18(23(32)30-17-12-15(27)10-11-20(17)36-4)31-13-28-25-21(26(31)34)14(2)22(37-25)24(33)29-16-8-6-7-9-19(16)35-3/h6-13,18H,5H2,1-4H3,(H,29,33)(H,30,32).